The molecule has 288 valence electrons. The fourth-order valence-corrected chi connectivity index (χ4v) is 6.75. The third kappa shape index (κ3) is 18.7. The van der Waals surface area contributed by atoms with Crippen molar-refractivity contribution in [2.75, 3.05) is 0 Å². The Morgan fingerprint density at radius 3 is 1.04 bits per heavy atom. The second kappa shape index (κ2) is 29.2. The largest absolute Gasteiger partial charge is 0.426 e. The van der Waals surface area contributed by atoms with Gasteiger partial charge in [0.15, 0.2) is 0 Å². The molecule has 0 aromatic heterocycles. The van der Waals surface area contributed by atoms with Gasteiger partial charge in [0.25, 0.3) is 0 Å². The number of hydrogen-bond donors (Lipinski definition) is 0. The third-order valence-electron chi connectivity index (χ3n) is 10.3. The molecule has 1 aromatic rings. The highest BCUT2D eigenvalue weighted by atomic mass is 16.6. The van der Waals surface area contributed by atoms with Crippen LogP contribution in [0, 0.1) is 17.8 Å². The summed E-state index contributed by atoms with van der Waals surface area (Å²) in [6.45, 7) is 14.7. The second-order valence-electron chi connectivity index (χ2n) is 14.5. The van der Waals surface area contributed by atoms with Crippen LogP contribution in [0.5, 0.6) is 17.2 Å². The molecule has 1 rings (SSSR count). The molecule has 1 aromatic carbocycles. The molecule has 6 nitrogen and oxygen atoms in total. The van der Waals surface area contributed by atoms with Crippen LogP contribution in [0.1, 0.15) is 208 Å². The number of hydrogen-bond acceptors (Lipinski definition) is 6. The Labute approximate surface area is 307 Å². The van der Waals surface area contributed by atoms with Crippen molar-refractivity contribution in [3.05, 3.63) is 17.7 Å². The maximum absolute atomic E-state index is 13.5. The summed E-state index contributed by atoms with van der Waals surface area (Å²) in [7, 11) is 0. The van der Waals surface area contributed by atoms with E-state index in [0.717, 1.165) is 57.8 Å². The van der Waals surface area contributed by atoms with Crippen LogP contribution in [0.3, 0.4) is 0 Å². The molecule has 0 aliphatic rings. The molecule has 3 unspecified atom stereocenters. The highest BCUT2D eigenvalue weighted by Gasteiger charge is 2.26. The summed E-state index contributed by atoms with van der Waals surface area (Å²) in [5, 5.41) is 0. The summed E-state index contributed by atoms with van der Waals surface area (Å²) in [5.41, 5.74) is 0.648. The Morgan fingerprint density at radius 2 is 0.740 bits per heavy atom. The van der Waals surface area contributed by atoms with Crippen molar-refractivity contribution in [3.8, 4) is 17.2 Å². The average molecular weight is 701 g/mol. The summed E-state index contributed by atoms with van der Waals surface area (Å²) in [4.78, 5) is 40.5. The van der Waals surface area contributed by atoms with Crippen LogP contribution in [-0.2, 0) is 20.8 Å². The Balaban J connectivity index is 3.21. The topological polar surface area (TPSA) is 78.9 Å². The Morgan fingerprint density at radius 1 is 0.440 bits per heavy atom. The molecular weight excluding hydrogens is 624 g/mol. The molecule has 0 bridgehead atoms. The highest BCUT2D eigenvalue weighted by molar-refractivity contribution is 5.79. The van der Waals surface area contributed by atoms with Crippen LogP contribution in [0.4, 0.5) is 0 Å². The predicted molar refractivity (Wildman–Crippen MR) is 208 cm³/mol. The molecule has 0 amide bonds. The van der Waals surface area contributed by atoms with Crippen LogP contribution in [0.15, 0.2) is 12.1 Å². The average Bonchev–Trinajstić information content (AvgIpc) is 3.10. The zero-order chi connectivity index (χ0) is 37.0. The first kappa shape index (κ1) is 45.7. The van der Waals surface area contributed by atoms with E-state index in [4.69, 9.17) is 14.2 Å². The van der Waals surface area contributed by atoms with E-state index in [2.05, 4.69) is 20.8 Å². The van der Waals surface area contributed by atoms with Crippen molar-refractivity contribution in [2.24, 2.45) is 17.8 Å². The monoisotopic (exact) mass is 701 g/mol. The molecule has 0 spiro atoms. The number of carbonyl (C=O) groups is 3. The number of ether oxygens (including phenoxy) is 3. The zero-order valence-corrected chi connectivity index (χ0v) is 33.5. The minimum absolute atomic E-state index is 0.215. The lowest BCUT2D eigenvalue weighted by Gasteiger charge is -2.21. The first-order valence-electron chi connectivity index (χ1n) is 21.1. The molecule has 6 heteroatoms. The van der Waals surface area contributed by atoms with Gasteiger partial charge in [-0.1, -0.05) is 164 Å². The third-order valence-corrected chi connectivity index (χ3v) is 10.3. The fraction of sp³-hybridized carbons (Fsp3) is 0.795. The second-order valence-corrected chi connectivity index (χ2v) is 14.5. The van der Waals surface area contributed by atoms with Crippen LogP contribution >= 0.6 is 0 Å². The summed E-state index contributed by atoms with van der Waals surface area (Å²) in [6, 6.07) is 3.29. The van der Waals surface area contributed by atoms with E-state index in [9.17, 15) is 14.4 Å². The van der Waals surface area contributed by atoms with Gasteiger partial charge in [-0.25, -0.2) is 0 Å². The lowest BCUT2D eigenvalue weighted by Crippen LogP contribution is -2.23. The molecule has 0 N–H and O–H groups in total. The van der Waals surface area contributed by atoms with Gasteiger partial charge >= 0.3 is 17.9 Å². The molecule has 3 atom stereocenters. The standard InChI is InChI=1S/C44H76O6/c1-8-15-18-21-24-27-30-35(11-4)42(45)48-38-33-40(49-43(46)36(12-5)31-28-25-22-19-16-9-2)39(14-7)41(34-38)50-44(47)37(13-6)32-29-26-23-20-17-10-3/h33-37H,8-32H2,1-7H3. The number of carbonyl (C=O) groups excluding carboxylic acids is 3. The lowest BCUT2D eigenvalue weighted by atomic mass is 9.97. The van der Waals surface area contributed by atoms with Crippen LogP contribution in [-0.4, -0.2) is 17.9 Å². The van der Waals surface area contributed by atoms with Crippen LogP contribution in [0.2, 0.25) is 0 Å². The van der Waals surface area contributed by atoms with Crippen molar-refractivity contribution >= 4 is 17.9 Å². The smallest absolute Gasteiger partial charge is 0.314 e. The molecule has 0 saturated heterocycles. The Bertz CT molecular complexity index is 990. The van der Waals surface area contributed by atoms with Crippen LogP contribution < -0.4 is 14.2 Å². The van der Waals surface area contributed by atoms with Crippen molar-refractivity contribution in [2.45, 2.75) is 209 Å². The molecule has 0 fully saturated rings. The van der Waals surface area contributed by atoms with Crippen molar-refractivity contribution in [1.29, 1.82) is 0 Å². The minimum Gasteiger partial charge on any atom is -0.426 e. The van der Waals surface area contributed by atoms with Gasteiger partial charge < -0.3 is 14.2 Å². The molecule has 50 heavy (non-hydrogen) atoms. The van der Waals surface area contributed by atoms with E-state index < -0.39 is 0 Å². The summed E-state index contributed by atoms with van der Waals surface area (Å²) >= 11 is 0. The van der Waals surface area contributed by atoms with E-state index in [1.54, 1.807) is 12.1 Å². The summed E-state index contributed by atoms with van der Waals surface area (Å²) < 4.78 is 18.2. The number of benzene rings is 1. The summed E-state index contributed by atoms with van der Waals surface area (Å²) in [5.74, 6) is -0.594. The highest BCUT2D eigenvalue weighted by Crippen LogP contribution is 2.37. The van der Waals surface area contributed by atoms with Gasteiger partial charge in [0.05, 0.1) is 17.8 Å². The summed E-state index contributed by atoms with van der Waals surface area (Å²) in [6.07, 6.45) is 25.9. The van der Waals surface area contributed by atoms with E-state index in [1.165, 1.54) is 77.0 Å². The van der Waals surface area contributed by atoms with Crippen molar-refractivity contribution in [3.63, 3.8) is 0 Å². The van der Waals surface area contributed by atoms with Crippen molar-refractivity contribution in [1.82, 2.24) is 0 Å². The quantitative estimate of drug-likeness (QED) is 0.0436. The number of unbranched alkanes of at least 4 members (excludes halogenated alkanes) is 15. The Hall–Kier alpha value is -2.37. The van der Waals surface area contributed by atoms with Crippen molar-refractivity contribution < 1.29 is 28.6 Å². The first-order chi connectivity index (χ1) is 24.3. The maximum atomic E-state index is 13.5. The van der Waals surface area contributed by atoms with Gasteiger partial charge in [-0.2, -0.15) is 0 Å². The van der Waals surface area contributed by atoms with E-state index in [1.807, 2.05) is 27.7 Å². The normalized spacial score (nSPS) is 13.1. The number of esters is 3. The predicted octanol–water partition coefficient (Wildman–Crippen LogP) is 13.3. The van der Waals surface area contributed by atoms with Gasteiger partial charge in [-0.3, -0.25) is 14.4 Å². The van der Waals surface area contributed by atoms with Gasteiger partial charge in [0, 0.05) is 17.7 Å². The van der Waals surface area contributed by atoms with E-state index in [-0.39, 0.29) is 41.4 Å². The minimum atomic E-state index is -0.288. The first-order valence-corrected chi connectivity index (χ1v) is 21.1. The van der Waals surface area contributed by atoms with Crippen LogP contribution in [0.25, 0.3) is 0 Å². The number of rotatable bonds is 31. The Kier molecular flexibility index (Phi) is 26.7. The molecule has 0 saturated carbocycles. The SMILES string of the molecule is CCCCCCCCC(CC)C(=O)Oc1cc(OC(=O)C(CC)CCCCCCCC)c(CC)c(OC(=O)C(CC)CCCCCCCC)c1. The van der Waals surface area contributed by atoms with E-state index in [0.29, 0.717) is 42.7 Å². The van der Waals surface area contributed by atoms with Gasteiger partial charge in [-0.15, -0.1) is 0 Å². The maximum Gasteiger partial charge on any atom is 0.314 e. The molecule has 0 radical (unpaired) electrons. The lowest BCUT2D eigenvalue weighted by molar-refractivity contribution is -0.139. The van der Waals surface area contributed by atoms with E-state index >= 15 is 0 Å². The van der Waals surface area contributed by atoms with Gasteiger partial charge in [-0.05, 0) is 44.9 Å². The van der Waals surface area contributed by atoms with Gasteiger partial charge in [0.2, 0.25) is 0 Å². The van der Waals surface area contributed by atoms with Gasteiger partial charge in [0.1, 0.15) is 17.2 Å². The molecular formula is C44H76O6. The molecule has 0 aliphatic carbocycles. The fourth-order valence-electron chi connectivity index (χ4n) is 6.75. The molecule has 0 aliphatic heterocycles. The molecule has 0 heterocycles. The zero-order valence-electron chi connectivity index (χ0n) is 33.5.